The number of hydrogen-bond donors (Lipinski definition) is 2. The maximum Gasteiger partial charge on any atom is 0.413 e. The highest BCUT2D eigenvalue weighted by atomic mass is 79.9. The number of ether oxygens (including phenoxy) is 1. The lowest BCUT2D eigenvalue weighted by molar-refractivity contribution is 0.0634. The number of rotatable bonds is 2. The van der Waals surface area contributed by atoms with Gasteiger partial charge in [0.25, 0.3) is 0 Å². The van der Waals surface area contributed by atoms with E-state index in [0.29, 0.717) is 16.9 Å². The molecule has 0 saturated carbocycles. The normalized spacial score (nSPS) is 11.7. The molecule has 0 aliphatic rings. The van der Waals surface area contributed by atoms with Crippen molar-refractivity contribution in [2.45, 2.75) is 26.4 Å². The zero-order valence-electron chi connectivity index (χ0n) is 12.5. The maximum atomic E-state index is 11.8. The molecule has 0 bridgehead atoms. The topological polar surface area (TPSA) is 119 Å². The molecule has 0 atom stereocenters. The van der Waals surface area contributed by atoms with Gasteiger partial charge in [-0.1, -0.05) is 0 Å². The Morgan fingerprint density at radius 3 is 2.83 bits per heavy atom. The van der Waals surface area contributed by atoms with Crippen LogP contribution in [-0.2, 0) is 4.74 Å². The summed E-state index contributed by atoms with van der Waals surface area (Å²) in [6.45, 7) is 5.29. The summed E-state index contributed by atoms with van der Waals surface area (Å²) in [5.74, 6) is 0.503. The molecule has 3 aromatic heterocycles. The van der Waals surface area contributed by atoms with Crippen molar-refractivity contribution in [2.24, 2.45) is 0 Å². The average Bonchev–Trinajstić information content (AvgIpc) is 3.03. The van der Waals surface area contributed by atoms with Gasteiger partial charge in [-0.15, -0.1) is 0 Å². The molecule has 3 heterocycles. The molecule has 9 nitrogen and oxygen atoms in total. The molecule has 10 heteroatoms. The Kier molecular flexibility index (Phi) is 3.76. The summed E-state index contributed by atoms with van der Waals surface area (Å²) in [7, 11) is 0. The van der Waals surface area contributed by atoms with Crippen LogP contribution in [0.5, 0.6) is 0 Å². The van der Waals surface area contributed by atoms with Crippen LogP contribution in [0.1, 0.15) is 20.8 Å². The number of aromatic amines is 1. The predicted molar refractivity (Wildman–Crippen MR) is 84.7 cm³/mol. The molecule has 0 aliphatic carbocycles. The number of anilines is 1. The Balaban J connectivity index is 1.91. The van der Waals surface area contributed by atoms with E-state index in [1.807, 2.05) is 0 Å². The van der Waals surface area contributed by atoms with Crippen LogP contribution in [0.25, 0.3) is 22.6 Å². The predicted octanol–water partition coefficient (Wildman–Crippen LogP) is 3.12. The minimum Gasteiger partial charge on any atom is -0.444 e. The van der Waals surface area contributed by atoms with Crippen molar-refractivity contribution in [1.82, 2.24) is 25.3 Å². The van der Waals surface area contributed by atoms with Crippen LogP contribution in [0, 0.1) is 0 Å². The number of hydrogen-bond acceptors (Lipinski definition) is 7. The molecule has 3 aromatic rings. The number of nitrogens with zero attached hydrogens (tertiary/aromatic N) is 4. The largest absolute Gasteiger partial charge is 0.444 e. The van der Waals surface area contributed by atoms with Gasteiger partial charge < -0.3 is 9.72 Å². The third-order valence-electron chi connectivity index (χ3n) is 2.68. The number of aromatic nitrogens is 5. The van der Waals surface area contributed by atoms with Crippen molar-refractivity contribution >= 4 is 38.9 Å². The van der Waals surface area contributed by atoms with Crippen LogP contribution < -0.4 is 5.32 Å². The fourth-order valence-corrected chi connectivity index (χ4v) is 2.26. The highest BCUT2D eigenvalue weighted by molar-refractivity contribution is 9.10. The van der Waals surface area contributed by atoms with Crippen LogP contribution in [0.4, 0.5) is 10.6 Å². The minimum atomic E-state index is -0.659. The highest BCUT2D eigenvalue weighted by Gasteiger charge is 2.22. The zero-order valence-corrected chi connectivity index (χ0v) is 14.1. The number of amides is 1. The summed E-state index contributed by atoms with van der Waals surface area (Å²) in [6, 6.07) is 0. The van der Waals surface area contributed by atoms with Gasteiger partial charge in [0.1, 0.15) is 11.1 Å². The Morgan fingerprint density at radius 1 is 1.35 bits per heavy atom. The van der Waals surface area contributed by atoms with Gasteiger partial charge in [-0.05, 0) is 47.0 Å². The van der Waals surface area contributed by atoms with Crippen molar-refractivity contribution in [1.29, 1.82) is 0 Å². The van der Waals surface area contributed by atoms with Crippen LogP contribution in [-0.4, -0.2) is 37.0 Å². The molecular formula is C13H13BrN6O3. The molecule has 0 aromatic carbocycles. The van der Waals surface area contributed by atoms with E-state index in [1.54, 1.807) is 33.2 Å². The first-order chi connectivity index (χ1) is 10.8. The van der Waals surface area contributed by atoms with E-state index in [2.05, 4.69) is 46.5 Å². The Labute approximate surface area is 138 Å². The lowest BCUT2D eigenvalue weighted by Gasteiger charge is -2.18. The first kappa shape index (κ1) is 15.4. The van der Waals surface area contributed by atoms with Gasteiger partial charge in [-0.25, -0.2) is 14.4 Å². The van der Waals surface area contributed by atoms with E-state index in [9.17, 15) is 4.79 Å². The first-order valence-corrected chi connectivity index (χ1v) is 7.45. The second-order valence-corrected chi connectivity index (χ2v) is 6.55. The van der Waals surface area contributed by atoms with Crippen LogP contribution in [0.15, 0.2) is 21.5 Å². The Hall–Kier alpha value is -2.49. The van der Waals surface area contributed by atoms with Crippen LogP contribution in [0.3, 0.4) is 0 Å². The maximum absolute atomic E-state index is 11.8. The molecule has 1 amide bonds. The summed E-state index contributed by atoms with van der Waals surface area (Å²) >= 11 is 3.37. The smallest absolute Gasteiger partial charge is 0.413 e. The first-order valence-electron chi connectivity index (χ1n) is 6.65. The molecule has 3 rings (SSSR count). The van der Waals surface area contributed by atoms with Gasteiger partial charge in [-0.2, -0.15) is 0 Å². The molecule has 23 heavy (non-hydrogen) atoms. The molecular weight excluding hydrogens is 368 g/mol. The number of imidazole rings is 1. The van der Waals surface area contributed by atoms with Crippen molar-refractivity contribution in [3.05, 3.63) is 16.9 Å². The van der Waals surface area contributed by atoms with Crippen molar-refractivity contribution in [3.8, 4) is 11.5 Å². The van der Waals surface area contributed by atoms with Gasteiger partial charge >= 0.3 is 6.09 Å². The SMILES string of the molecule is CC(C)(C)OC(=O)Nc1nonc1-c1nc2c(Br)cncc2[nH]1. The molecule has 0 radical (unpaired) electrons. The molecule has 0 unspecified atom stereocenters. The number of pyridine rings is 1. The molecule has 0 saturated heterocycles. The Morgan fingerprint density at radius 2 is 2.13 bits per heavy atom. The third kappa shape index (κ3) is 3.31. The Bertz CT molecular complexity index is 866. The highest BCUT2D eigenvalue weighted by Crippen LogP contribution is 2.27. The number of nitrogens with one attached hydrogen (secondary N) is 2. The quantitative estimate of drug-likeness (QED) is 0.700. The summed E-state index contributed by atoms with van der Waals surface area (Å²) in [5.41, 5.74) is 1.03. The van der Waals surface area contributed by atoms with E-state index in [1.165, 1.54) is 0 Å². The van der Waals surface area contributed by atoms with E-state index in [-0.39, 0.29) is 11.5 Å². The fraction of sp³-hybridized carbons (Fsp3) is 0.308. The van der Waals surface area contributed by atoms with Gasteiger partial charge in [0.05, 0.1) is 16.2 Å². The van der Waals surface area contributed by atoms with Crippen molar-refractivity contribution in [3.63, 3.8) is 0 Å². The van der Waals surface area contributed by atoms with Gasteiger partial charge in [0.15, 0.2) is 11.5 Å². The van der Waals surface area contributed by atoms with Crippen LogP contribution in [0.2, 0.25) is 0 Å². The summed E-state index contributed by atoms with van der Waals surface area (Å²) < 4.78 is 10.6. The lowest BCUT2D eigenvalue weighted by Crippen LogP contribution is -2.27. The monoisotopic (exact) mass is 380 g/mol. The average molecular weight is 381 g/mol. The van der Waals surface area contributed by atoms with Crippen molar-refractivity contribution < 1.29 is 14.2 Å². The van der Waals surface area contributed by atoms with Gasteiger partial charge in [-0.3, -0.25) is 10.3 Å². The van der Waals surface area contributed by atoms with E-state index < -0.39 is 11.7 Å². The third-order valence-corrected chi connectivity index (χ3v) is 3.26. The molecule has 0 spiro atoms. The fourth-order valence-electron chi connectivity index (χ4n) is 1.84. The second-order valence-electron chi connectivity index (χ2n) is 5.69. The number of H-pyrrole nitrogens is 1. The second kappa shape index (κ2) is 5.61. The number of carbonyl (C=O) groups is 1. The molecule has 120 valence electrons. The van der Waals surface area contributed by atoms with Crippen molar-refractivity contribution in [2.75, 3.05) is 5.32 Å². The van der Waals surface area contributed by atoms with Gasteiger partial charge in [0.2, 0.25) is 5.82 Å². The number of fused-ring (bicyclic) bond motifs is 1. The number of halogens is 1. The standard InChI is InChI=1S/C13H13BrN6O3/c1-13(2,3)22-12(21)18-11-9(19-23-20-11)10-16-7-5-15-4-6(14)8(7)17-10/h4-5H,1-3H3,(H,16,17)(H,18,20,21). The van der Waals surface area contributed by atoms with Crippen LogP contribution >= 0.6 is 15.9 Å². The molecule has 0 aliphatic heterocycles. The lowest BCUT2D eigenvalue weighted by atomic mass is 10.2. The van der Waals surface area contributed by atoms with E-state index in [0.717, 1.165) is 4.47 Å². The summed E-state index contributed by atoms with van der Waals surface area (Å²) in [4.78, 5) is 23.3. The van der Waals surface area contributed by atoms with Gasteiger partial charge in [0, 0.05) is 6.20 Å². The summed E-state index contributed by atoms with van der Waals surface area (Å²) in [6.07, 6.45) is 2.60. The van der Waals surface area contributed by atoms with E-state index >= 15 is 0 Å². The zero-order chi connectivity index (χ0) is 16.6. The summed E-state index contributed by atoms with van der Waals surface area (Å²) in [5, 5.41) is 9.93. The molecule has 0 fully saturated rings. The number of carbonyl (C=O) groups excluding carboxylic acids is 1. The van der Waals surface area contributed by atoms with E-state index in [4.69, 9.17) is 9.37 Å². The minimum absolute atomic E-state index is 0.113. The molecule has 2 N–H and O–H groups in total.